The third-order valence-corrected chi connectivity index (χ3v) is 1.67. The van der Waals surface area contributed by atoms with Crippen LogP contribution in [-0.2, 0) is 0 Å². The van der Waals surface area contributed by atoms with Crippen LogP contribution in [0.5, 0.6) is 0 Å². The van der Waals surface area contributed by atoms with Gasteiger partial charge in [0.1, 0.15) is 0 Å². The van der Waals surface area contributed by atoms with Gasteiger partial charge in [-0.15, -0.1) is 6.58 Å². The molecule has 0 amide bonds. The highest BCUT2D eigenvalue weighted by Crippen LogP contribution is 1.98. The first-order valence-electron chi connectivity index (χ1n) is 4.11. The number of nitrogens with zero attached hydrogens (tertiary/aromatic N) is 1. The Morgan fingerprint density at radius 2 is 2.50 bits per heavy atom. The SMILES string of the molecule is Bc1ncccc1NCCC=C. The third-order valence-electron chi connectivity index (χ3n) is 1.67. The first-order valence-corrected chi connectivity index (χ1v) is 4.11. The Kier molecular flexibility index (Phi) is 3.39. The molecular formula is C9H13BN2. The van der Waals surface area contributed by atoms with Crippen molar-refractivity contribution in [3.63, 3.8) is 0 Å². The lowest BCUT2D eigenvalue weighted by Gasteiger charge is -2.06. The maximum absolute atomic E-state index is 4.17. The van der Waals surface area contributed by atoms with Crippen molar-refractivity contribution >= 4 is 19.1 Å². The highest BCUT2D eigenvalue weighted by Gasteiger charge is 1.93. The van der Waals surface area contributed by atoms with Crippen LogP contribution < -0.4 is 10.9 Å². The summed E-state index contributed by atoms with van der Waals surface area (Å²) in [7, 11) is 2.00. The number of nitrogens with one attached hydrogen (secondary N) is 1. The van der Waals surface area contributed by atoms with E-state index in [9.17, 15) is 0 Å². The van der Waals surface area contributed by atoms with Gasteiger partial charge in [0.15, 0.2) is 7.85 Å². The molecule has 0 aliphatic rings. The van der Waals surface area contributed by atoms with Gasteiger partial charge in [-0.25, -0.2) is 0 Å². The molecule has 3 heteroatoms. The molecule has 12 heavy (non-hydrogen) atoms. The van der Waals surface area contributed by atoms with Crippen molar-refractivity contribution in [1.82, 2.24) is 4.98 Å². The van der Waals surface area contributed by atoms with Crippen LogP contribution >= 0.6 is 0 Å². The summed E-state index contributed by atoms with van der Waals surface area (Å²) < 4.78 is 0. The number of anilines is 1. The summed E-state index contributed by atoms with van der Waals surface area (Å²) in [6.45, 7) is 4.59. The summed E-state index contributed by atoms with van der Waals surface area (Å²) in [6.07, 6.45) is 4.68. The molecule has 1 rings (SSSR count). The zero-order chi connectivity index (χ0) is 8.81. The van der Waals surface area contributed by atoms with Gasteiger partial charge < -0.3 is 5.32 Å². The number of hydrogen-bond donors (Lipinski definition) is 1. The number of hydrogen-bond acceptors (Lipinski definition) is 2. The van der Waals surface area contributed by atoms with Crippen molar-refractivity contribution in [3.05, 3.63) is 31.0 Å². The molecule has 0 saturated carbocycles. The molecule has 1 aromatic rings. The maximum Gasteiger partial charge on any atom is 0.166 e. The first-order chi connectivity index (χ1) is 5.84. The molecule has 0 unspecified atom stereocenters. The Bertz CT molecular complexity index is 260. The van der Waals surface area contributed by atoms with Crippen LogP contribution in [0.1, 0.15) is 6.42 Å². The van der Waals surface area contributed by atoms with Gasteiger partial charge in [0.25, 0.3) is 0 Å². The lowest BCUT2D eigenvalue weighted by atomic mass is 10.0. The van der Waals surface area contributed by atoms with E-state index in [2.05, 4.69) is 16.9 Å². The molecule has 0 spiro atoms. The average Bonchev–Trinajstić information content (AvgIpc) is 2.09. The minimum absolute atomic E-state index is 0.927. The quantitative estimate of drug-likeness (QED) is 0.390. The predicted molar refractivity (Wildman–Crippen MR) is 55.7 cm³/mol. The summed E-state index contributed by atoms with van der Waals surface area (Å²) in [5.41, 5.74) is 2.15. The Balaban J connectivity index is 2.51. The minimum Gasteiger partial charge on any atom is -0.384 e. The molecule has 0 fully saturated rings. The molecule has 0 bridgehead atoms. The van der Waals surface area contributed by atoms with E-state index in [-0.39, 0.29) is 0 Å². The van der Waals surface area contributed by atoms with Gasteiger partial charge in [-0.3, -0.25) is 4.98 Å². The summed E-state index contributed by atoms with van der Waals surface area (Å²) in [5.74, 6) is 0. The second-order valence-corrected chi connectivity index (χ2v) is 2.64. The molecule has 62 valence electrons. The van der Waals surface area contributed by atoms with Crippen LogP contribution in [0.4, 0.5) is 5.69 Å². The molecule has 0 atom stereocenters. The monoisotopic (exact) mass is 160 g/mol. The van der Waals surface area contributed by atoms with Gasteiger partial charge >= 0.3 is 0 Å². The van der Waals surface area contributed by atoms with Gasteiger partial charge in [0, 0.05) is 24.0 Å². The molecule has 2 nitrogen and oxygen atoms in total. The Labute approximate surface area is 74.1 Å². The Hall–Kier alpha value is -1.25. The Morgan fingerprint density at radius 3 is 3.17 bits per heavy atom. The number of pyridine rings is 1. The van der Waals surface area contributed by atoms with Crippen molar-refractivity contribution in [2.45, 2.75) is 6.42 Å². The second kappa shape index (κ2) is 4.60. The van der Waals surface area contributed by atoms with E-state index in [1.807, 2.05) is 26.1 Å². The fourth-order valence-corrected chi connectivity index (χ4v) is 0.980. The zero-order valence-corrected chi connectivity index (χ0v) is 7.38. The molecule has 1 heterocycles. The average molecular weight is 160 g/mol. The third kappa shape index (κ3) is 2.42. The molecule has 0 saturated heterocycles. The zero-order valence-electron chi connectivity index (χ0n) is 7.38. The second-order valence-electron chi connectivity index (χ2n) is 2.64. The van der Waals surface area contributed by atoms with Gasteiger partial charge in [0.05, 0.1) is 0 Å². The van der Waals surface area contributed by atoms with E-state index in [1.165, 1.54) is 0 Å². The van der Waals surface area contributed by atoms with E-state index in [4.69, 9.17) is 0 Å². The minimum atomic E-state index is 0.927. The number of rotatable bonds is 4. The van der Waals surface area contributed by atoms with E-state index in [0.717, 1.165) is 24.2 Å². The summed E-state index contributed by atoms with van der Waals surface area (Å²) in [6, 6.07) is 3.97. The normalized spacial score (nSPS) is 9.33. The van der Waals surface area contributed by atoms with Gasteiger partial charge in [-0.2, -0.15) is 0 Å². The predicted octanol–water partition coefficient (Wildman–Crippen LogP) is 0.328. The van der Waals surface area contributed by atoms with Crippen LogP contribution in [0.15, 0.2) is 31.0 Å². The van der Waals surface area contributed by atoms with Crippen molar-refractivity contribution in [1.29, 1.82) is 0 Å². The molecule has 0 aliphatic carbocycles. The van der Waals surface area contributed by atoms with Crippen molar-refractivity contribution in [2.75, 3.05) is 11.9 Å². The van der Waals surface area contributed by atoms with Crippen molar-refractivity contribution in [2.24, 2.45) is 0 Å². The fourth-order valence-electron chi connectivity index (χ4n) is 0.980. The maximum atomic E-state index is 4.17. The molecule has 0 radical (unpaired) electrons. The van der Waals surface area contributed by atoms with Crippen LogP contribution in [0.3, 0.4) is 0 Å². The Morgan fingerprint density at radius 1 is 1.67 bits per heavy atom. The molecule has 0 aromatic carbocycles. The van der Waals surface area contributed by atoms with Crippen LogP contribution in [0.25, 0.3) is 0 Å². The topological polar surface area (TPSA) is 24.9 Å². The standard InChI is InChI=1S/C9H13BN2/c1-2-3-6-11-8-5-4-7-12-9(8)10/h2,4-5,7,11H,1,3,6,10H2. The summed E-state index contributed by atoms with van der Waals surface area (Å²) >= 11 is 0. The highest BCUT2D eigenvalue weighted by atomic mass is 14.9. The number of aromatic nitrogens is 1. The molecule has 1 aromatic heterocycles. The van der Waals surface area contributed by atoms with Gasteiger partial charge in [-0.1, -0.05) is 6.08 Å². The van der Waals surface area contributed by atoms with E-state index >= 15 is 0 Å². The largest absolute Gasteiger partial charge is 0.384 e. The van der Waals surface area contributed by atoms with Crippen LogP contribution in [0, 0.1) is 0 Å². The van der Waals surface area contributed by atoms with Crippen LogP contribution in [-0.4, -0.2) is 19.4 Å². The van der Waals surface area contributed by atoms with Gasteiger partial charge in [0.2, 0.25) is 0 Å². The van der Waals surface area contributed by atoms with E-state index in [1.54, 1.807) is 6.20 Å². The van der Waals surface area contributed by atoms with Crippen LogP contribution in [0.2, 0.25) is 0 Å². The lowest BCUT2D eigenvalue weighted by molar-refractivity contribution is 1.07. The first kappa shape index (κ1) is 8.85. The van der Waals surface area contributed by atoms with E-state index < -0.39 is 0 Å². The summed E-state index contributed by atoms with van der Waals surface area (Å²) in [4.78, 5) is 4.17. The lowest BCUT2D eigenvalue weighted by Crippen LogP contribution is -2.15. The van der Waals surface area contributed by atoms with E-state index in [0.29, 0.717) is 0 Å². The smallest absolute Gasteiger partial charge is 0.166 e. The fraction of sp³-hybridized carbons (Fsp3) is 0.222. The highest BCUT2D eigenvalue weighted by molar-refractivity contribution is 6.34. The van der Waals surface area contributed by atoms with Crippen molar-refractivity contribution < 1.29 is 0 Å². The van der Waals surface area contributed by atoms with Crippen molar-refractivity contribution in [3.8, 4) is 0 Å². The molecule has 1 N–H and O–H groups in total. The molecule has 0 aliphatic heterocycles. The molecular weight excluding hydrogens is 147 g/mol. The van der Waals surface area contributed by atoms with Gasteiger partial charge in [-0.05, 0) is 18.6 Å². The summed E-state index contributed by atoms with van der Waals surface area (Å²) in [5, 5.41) is 3.28.